The molecule has 0 spiro atoms. The van der Waals surface area contributed by atoms with Crippen LogP contribution in [-0.4, -0.2) is 34.2 Å². The standard InChI is InChI=1S/C20H18N4O3/c1-25-17-10-14(27-12-13-6-4-3-5-7-13)8-9-15(17)18-22-16-11-21-20(26-2)24-19(16)23-18/h3-11H,12H2,1-2H3,(H,21,22,23,24). The fourth-order valence-corrected chi connectivity index (χ4v) is 2.72. The zero-order chi connectivity index (χ0) is 18.6. The van der Waals surface area contributed by atoms with Crippen molar-refractivity contribution in [2.75, 3.05) is 14.2 Å². The zero-order valence-electron chi connectivity index (χ0n) is 15.0. The number of methoxy groups -OCH3 is 2. The van der Waals surface area contributed by atoms with E-state index in [0.717, 1.165) is 22.4 Å². The first-order valence-electron chi connectivity index (χ1n) is 8.38. The van der Waals surface area contributed by atoms with Crippen molar-refractivity contribution in [1.82, 2.24) is 19.9 Å². The Kier molecular flexibility index (Phi) is 4.57. The molecule has 7 heteroatoms. The molecule has 0 aliphatic heterocycles. The summed E-state index contributed by atoms with van der Waals surface area (Å²) in [5.74, 6) is 2.01. The third-order valence-electron chi connectivity index (χ3n) is 4.08. The lowest BCUT2D eigenvalue weighted by Gasteiger charge is -2.10. The minimum Gasteiger partial charge on any atom is -0.496 e. The number of imidazole rings is 1. The van der Waals surface area contributed by atoms with Crippen LogP contribution in [0.15, 0.2) is 54.7 Å². The molecule has 1 N–H and O–H groups in total. The Bertz CT molecular complexity index is 1060. The van der Waals surface area contributed by atoms with Gasteiger partial charge < -0.3 is 19.2 Å². The molecule has 2 aromatic carbocycles. The first kappa shape index (κ1) is 16.8. The SMILES string of the molecule is COc1ncc2[nH]c(-c3ccc(OCc4ccccc4)cc3OC)nc2n1. The van der Waals surface area contributed by atoms with E-state index in [1.807, 2.05) is 48.5 Å². The quantitative estimate of drug-likeness (QED) is 0.564. The zero-order valence-corrected chi connectivity index (χ0v) is 15.0. The van der Waals surface area contributed by atoms with Crippen LogP contribution in [0.5, 0.6) is 17.5 Å². The van der Waals surface area contributed by atoms with Gasteiger partial charge in [0.2, 0.25) is 0 Å². The highest BCUT2D eigenvalue weighted by Gasteiger charge is 2.13. The summed E-state index contributed by atoms with van der Waals surface area (Å²) in [6, 6.07) is 15.9. The molecule has 136 valence electrons. The summed E-state index contributed by atoms with van der Waals surface area (Å²) in [6.45, 7) is 0.489. The topological polar surface area (TPSA) is 82.2 Å². The van der Waals surface area contributed by atoms with Gasteiger partial charge >= 0.3 is 6.01 Å². The van der Waals surface area contributed by atoms with Gasteiger partial charge in [0.1, 0.15) is 29.4 Å². The maximum absolute atomic E-state index is 5.87. The predicted molar refractivity (Wildman–Crippen MR) is 101 cm³/mol. The van der Waals surface area contributed by atoms with Crippen LogP contribution in [0.1, 0.15) is 5.56 Å². The van der Waals surface area contributed by atoms with E-state index in [4.69, 9.17) is 14.2 Å². The van der Waals surface area contributed by atoms with Crippen molar-refractivity contribution in [1.29, 1.82) is 0 Å². The molecule has 0 atom stereocenters. The highest BCUT2D eigenvalue weighted by atomic mass is 16.5. The lowest BCUT2D eigenvalue weighted by atomic mass is 10.2. The Morgan fingerprint density at radius 2 is 1.81 bits per heavy atom. The van der Waals surface area contributed by atoms with Gasteiger partial charge in [-0.05, 0) is 17.7 Å². The van der Waals surface area contributed by atoms with E-state index < -0.39 is 0 Å². The monoisotopic (exact) mass is 362 g/mol. The molecule has 7 nitrogen and oxygen atoms in total. The second kappa shape index (κ2) is 7.33. The van der Waals surface area contributed by atoms with Gasteiger partial charge in [0.25, 0.3) is 0 Å². The summed E-state index contributed by atoms with van der Waals surface area (Å²) in [7, 11) is 3.14. The minimum atomic E-state index is 0.275. The van der Waals surface area contributed by atoms with Gasteiger partial charge in [0, 0.05) is 6.07 Å². The summed E-state index contributed by atoms with van der Waals surface area (Å²) in [6.07, 6.45) is 1.64. The molecule has 0 unspecified atom stereocenters. The van der Waals surface area contributed by atoms with E-state index in [-0.39, 0.29) is 6.01 Å². The summed E-state index contributed by atoms with van der Waals surface area (Å²) in [5, 5.41) is 0. The highest BCUT2D eigenvalue weighted by molar-refractivity contribution is 5.77. The second-order valence-electron chi connectivity index (χ2n) is 5.82. The number of H-pyrrole nitrogens is 1. The molecule has 27 heavy (non-hydrogen) atoms. The van der Waals surface area contributed by atoms with Gasteiger partial charge in [-0.2, -0.15) is 4.98 Å². The lowest BCUT2D eigenvalue weighted by molar-refractivity contribution is 0.304. The number of hydrogen-bond acceptors (Lipinski definition) is 6. The van der Waals surface area contributed by atoms with E-state index in [2.05, 4.69) is 19.9 Å². The Balaban J connectivity index is 1.61. The van der Waals surface area contributed by atoms with Crippen LogP contribution < -0.4 is 14.2 Å². The van der Waals surface area contributed by atoms with E-state index in [1.54, 1.807) is 13.3 Å². The van der Waals surface area contributed by atoms with Crippen LogP contribution >= 0.6 is 0 Å². The number of aromatic nitrogens is 4. The van der Waals surface area contributed by atoms with Crippen molar-refractivity contribution < 1.29 is 14.2 Å². The third kappa shape index (κ3) is 3.52. The van der Waals surface area contributed by atoms with Crippen molar-refractivity contribution in [2.45, 2.75) is 6.61 Å². The van der Waals surface area contributed by atoms with Crippen LogP contribution in [0.4, 0.5) is 0 Å². The molecule has 0 saturated carbocycles. The Hall–Kier alpha value is -3.61. The number of nitrogens with zero attached hydrogens (tertiary/aromatic N) is 3. The number of ether oxygens (including phenoxy) is 3. The number of nitrogens with one attached hydrogen (secondary N) is 1. The summed E-state index contributed by atoms with van der Waals surface area (Å²) in [4.78, 5) is 16.0. The van der Waals surface area contributed by atoms with Crippen molar-refractivity contribution in [2.24, 2.45) is 0 Å². The van der Waals surface area contributed by atoms with Crippen molar-refractivity contribution >= 4 is 11.2 Å². The number of hydrogen-bond donors (Lipinski definition) is 1. The molecule has 2 heterocycles. The Morgan fingerprint density at radius 3 is 2.59 bits per heavy atom. The number of rotatable bonds is 6. The number of benzene rings is 2. The van der Waals surface area contributed by atoms with Crippen LogP contribution in [0.2, 0.25) is 0 Å². The molecule has 0 saturated heterocycles. The van der Waals surface area contributed by atoms with Crippen molar-refractivity contribution in [3.05, 3.63) is 60.3 Å². The van der Waals surface area contributed by atoms with Crippen molar-refractivity contribution in [3.63, 3.8) is 0 Å². The molecule has 0 bridgehead atoms. The van der Waals surface area contributed by atoms with Crippen LogP contribution in [0, 0.1) is 0 Å². The number of aromatic amines is 1. The summed E-state index contributed by atoms with van der Waals surface area (Å²) >= 11 is 0. The smallest absolute Gasteiger partial charge is 0.318 e. The molecule has 2 aromatic heterocycles. The highest BCUT2D eigenvalue weighted by Crippen LogP contribution is 2.33. The summed E-state index contributed by atoms with van der Waals surface area (Å²) < 4.78 is 16.4. The molecule has 0 fully saturated rings. The van der Waals surface area contributed by atoms with Gasteiger partial charge in [0.05, 0.1) is 26.0 Å². The molecular formula is C20H18N4O3. The van der Waals surface area contributed by atoms with E-state index in [9.17, 15) is 0 Å². The average molecular weight is 362 g/mol. The fraction of sp³-hybridized carbons (Fsp3) is 0.150. The van der Waals surface area contributed by atoms with Crippen molar-refractivity contribution in [3.8, 4) is 28.9 Å². The molecule has 4 rings (SSSR count). The maximum atomic E-state index is 5.87. The van der Waals surface area contributed by atoms with Crippen LogP contribution in [0.25, 0.3) is 22.6 Å². The summed E-state index contributed by atoms with van der Waals surface area (Å²) in [5.41, 5.74) is 3.16. The first-order valence-corrected chi connectivity index (χ1v) is 8.38. The second-order valence-corrected chi connectivity index (χ2v) is 5.82. The normalized spacial score (nSPS) is 10.7. The van der Waals surface area contributed by atoms with E-state index in [0.29, 0.717) is 23.8 Å². The Labute approximate surface area is 156 Å². The fourth-order valence-electron chi connectivity index (χ4n) is 2.72. The first-order chi connectivity index (χ1) is 13.3. The largest absolute Gasteiger partial charge is 0.496 e. The lowest BCUT2D eigenvalue weighted by Crippen LogP contribution is -1.96. The molecule has 0 aliphatic rings. The van der Waals surface area contributed by atoms with E-state index >= 15 is 0 Å². The maximum Gasteiger partial charge on any atom is 0.318 e. The van der Waals surface area contributed by atoms with Crippen LogP contribution in [0.3, 0.4) is 0 Å². The van der Waals surface area contributed by atoms with Crippen LogP contribution in [-0.2, 0) is 6.61 Å². The van der Waals surface area contributed by atoms with Gasteiger partial charge in [-0.25, -0.2) is 9.97 Å². The van der Waals surface area contributed by atoms with Gasteiger partial charge in [-0.1, -0.05) is 30.3 Å². The molecule has 0 amide bonds. The predicted octanol–water partition coefficient (Wildman–Crippen LogP) is 3.62. The Morgan fingerprint density at radius 1 is 0.963 bits per heavy atom. The van der Waals surface area contributed by atoms with Gasteiger partial charge in [-0.15, -0.1) is 0 Å². The van der Waals surface area contributed by atoms with E-state index in [1.165, 1.54) is 7.11 Å². The third-order valence-corrected chi connectivity index (χ3v) is 4.08. The molecular weight excluding hydrogens is 344 g/mol. The molecule has 4 aromatic rings. The molecule has 0 radical (unpaired) electrons. The average Bonchev–Trinajstić information content (AvgIpc) is 3.15. The van der Waals surface area contributed by atoms with Gasteiger partial charge in [-0.3, -0.25) is 0 Å². The minimum absolute atomic E-state index is 0.275. The number of fused-ring (bicyclic) bond motifs is 1. The van der Waals surface area contributed by atoms with Gasteiger partial charge in [0.15, 0.2) is 5.65 Å². The molecule has 0 aliphatic carbocycles.